The molecule has 4 rings (SSSR count). The van der Waals surface area contributed by atoms with Gasteiger partial charge in [-0.05, 0) is 55.0 Å². The van der Waals surface area contributed by atoms with Gasteiger partial charge < -0.3 is 14.5 Å². The van der Waals surface area contributed by atoms with Crippen LogP contribution in [0.4, 0.5) is 5.69 Å². The minimum absolute atomic E-state index is 0.0430. The highest BCUT2D eigenvalue weighted by atomic mass is 16.5. The highest BCUT2D eigenvalue weighted by Crippen LogP contribution is 2.28. The van der Waals surface area contributed by atoms with Gasteiger partial charge in [-0.15, -0.1) is 0 Å². The maximum absolute atomic E-state index is 12.7. The number of anilines is 1. The molecule has 3 aromatic rings. The Balaban J connectivity index is 1.59. The first-order valence-corrected chi connectivity index (χ1v) is 8.96. The van der Waals surface area contributed by atoms with Gasteiger partial charge in [-0.25, -0.2) is 0 Å². The number of ether oxygens (including phenoxy) is 1. The van der Waals surface area contributed by atoms with Gasteiger partial charge in [0.25, 0.3) is 17.7 Å². The molecule has 7 nitrogen and oxygen atoms in total. The number of rotatable bonds is 5. The molecule has 3 amide bonds. The predicted octanol–water partition coefficient (Wildman–Crippen LogP) is 3.65. The lowest BCUT2D eigenvalue weighted by molar-refractivity contribution is 0.0631. The first-order valence-electron chi connectivity index (χ1n) is 8.96. The zero-order valence-electron chi connectivity index (χ0n) is 15.9. The second kappa shape index (κ2) is 7.27. The van der Waals surface area contributed by atoms with Crippen LogP contribution in [0.3, 0.4) is 0 Å². The van der Waals surface area contributed by atoms with E-state index in [0.717, 1.165) is 10.5 Å². The van der Waals surface area contributed by atoms with Gasteiger partial charge in [0.15, 0.2) is 0 Å². The number of amides is 3. The third-order valence-electron chi connectivity index (χ3n) is 4.73. The van der Waals surface area contributed by atoms with Crippen LogP contribution in [-0.2, 0) is 6.54 Å². The number of carbonyl (C=O) groups is 3. The molecular weight excluding hydrogens is 372 g/mol. The van der Waals surface area contributed by atoms with Crippen molar-refractivity contribution in [1.29, 1.82) is 0 Å². The van der Waals surface area contributed by atoms with E-state index in [1.165, 1.54) is 31.6 Å². The molecule has 29 heavy (non-hydrogen) atoms. The fraction of sp³-hybridized carbons (Fsp3) is 0.136. The zero-order valence-corrected chi connectivity index (χ0v) is 15.9. The number of fused-ring (bicyclic) bond motifs is 1. The topological polar surface area (TPSA) is 88.8 Å². The van der Waals surface area contributed by atoms with E-state index in [1.54, 1.807) is 24.3 Å². The molecule has 0 saturated carbocycles. The van der Waals surface area contributed by atoms with E-state index in [0.29, 0.717) is 17.2 Å². The van der Waals surface area contributed by atoms with Crippen molar-refractivity contribution in [1.82, 2.24) is 4.90 Å². The Hall–Kier alpha value is -3.87. The number of methoxy groups -OCH3 is 1. The number of benzene rings is 2. The largest absolute Gasteiger partial charge is 0.495 e. The number of imide groups is 1. The maximum Gasteiger partial charge on any atom is 0.261 e. The smallest absolute Gasteiger partial charge is 0.261 e. The van der Waals surface area contributed by atoms with Crippen molar-refractivity contribution in [2.75, 3.05) is 12.4 Å². The monoisotopic (exact) mass is 390 g/mol. The van der Waals surface area contributed by atoms with E-state index in [2.05, 4.69) is 5.32 Å². The fourth-order valence-electron chi connectivity index (χ4n) is 3.25. The molecule has 0 aliphatic carbocycles. The summed E-state index contributed by atoms with van der Waals surface area (Å²) < 4.78 is 10.5. The van der Waals surface area contributed by atoms with Crippen LogP contribution in [0.15, 0.2) is 59.2 Å². The molecule has 2 aromatic carbocycles. The van der Waals surface area contributed by atoms with Crippen molar-refractivity contribution in [2.45, 2.75) is 13.5 Å². The molecule has 0 spiro atoms. The summed E-state index contributed by atoms with van der Waals surface area (Å²) in [4.78, 5) is 39.1. The predicted molar refractivity (Wildman–Crippen MR) is 105 cm³/mol. The Labute approximate surface area is 166 Å². The van der Waals surface area contributed by atoms with E-state index in [9.17, 15) is 14.4 Å². The number of carbonyl (C=O) groups excluding carboxylic acids is 3. The molecule has 0 atom stereocenters. The maximum atomic E-state index is 12.7. The zero-order chi connectivity index (χ0) is 20.5. The van der Waals surface area contributed by atoms with Gasteiger partial charge in [0.2, 0.25) is 0 Å². The number of furan rings is 1. The molecule has 0 unspecified atom stereocenters. The van der Waals surface area contributed by atoms with Crippen LogP contribution < -0.4 is 10.1 Å². The van der Waals surface area contributed by atoms with Crippen LogP contribution in [0.2, 0.25) is 0 Å². The van der Waals surface area contributed by atoms with E-state index in [4.69, 9.17) is 9.15 Å². The van der Waals surface area contributed by atoms with Crippen molar-refractivity contribution >= 4 is 23.4 Å². The summed E-state index contributed by atoms with van der Waals surface area (Å²) in [6, 6.07) is 13.3. The highest BCUT2D eigenvalue weighted by molar-refractivity contribution is 6.22. The first-order chi connectivity index (χ1) is 14.0. The molecular formula is C22H18N2O5. The van der Waals surface area contributed by atoms with E-state index >= 15 is 0 Å². The number of hydrogen-bond acceptors (Lipinski definition) is 5. The van der Waals surface area contributed by atoms with E-state index < -0.39 is 17.7 Å². The summed E-state index contributed by atoms with van der Waals surface area (Å²) >= 11 is 0. The minimum atomic E-state index is -0.454. The Morgan fingerprint density at radius 1 is 1.07 bits per heavy atom. The molecule has 7 heteroatoms. The summed E-state index contributed by atoms with van der Waals surface area (Å²) in [7, 11) is 1.52. The average molecular weight is 390 g/mol. The molecule has 146 valence electrons. The molecule has 1 aliphatic heterocycles. The van der Waals surface area contributed by atoms with Gasteiger partial charge in [-0.3, -0.25) is 19.3 Å². The number of aryl methyl sites for hydroxylation is 1. The lowest BCUT2D eigenvalue weighted by atomic mass is 10.1. The van der Waals surface area contributed by atoms with Crippen LogP contribution >= 0.6 is 0 Å². The normalized spacial score (nSPS) is 12.8. The van der Waals surface area contributed by atoms with Gasteiger partial charge in [-0.2, -0.15) is 0 Å². The molecule has 0 fully saturated rings. The summed E-state index contributed by atoms with van der Waals surface area (Å²) in [5.41, 5.74) is 2.23. The van der Waals surface area contributed by atoms with Crippen molar-refractivity contribution in [3.05, 3.63) is 82.8 Å². The summed E-state index contributed by atoms with van der Waals surface area (Å²) in [5.74, 6) is -0.232. The fourth-order valence-corrected chi connectivity index (χ4v) is 3.25. The lowest BCUT2D eigenvalue weighted by Crippen LogP contribution is -2.28. The standard InChI is InChI=1S/C22H18N2O5/c1-13-5-8-19(28-2)18(10-13)23-20(25)14-6-7-16-17(11-14)22(27)24(21(16)26)12-15-4-3-9-29-15/h3-11H,12H2,1-2H3,(H,23,25). The van der Waals surface area contributed by atoms with Crippen molar-refractivity contribution < 1.29 is 23.5 Å². The SMILES string of the molecule is COc1ccc(C)cc1NC(=O)c1ccc2c(c1)C(=O)N(Cc1ccco1)C2=O. The Bertz CT molecular complexity index is 1120. The molecule has 1 aliphatic rings. The Kier molecular flexibility index (Phi) is 4.64. The number of nitrogens with zero attached hydrogens (tertiary/aromatic N) is 1. The molecule has 0 saturated heterocycles. The second-order valence-corrected chi connectivity index (χ2v) is 6.69. The van der Waals surface area contributed by atoms with Crippen LogP contribution in [0.25, 0.3) is 0 Å². The third kappa shape index (κ3) is 3.38. The van der Waals surface area contributed by atoms with Gasteiger partial charge in [-0.1, -0.05) is 6.07 Å². The summed E-state index contributed by atoms with van der Waals surface area (Å²) in [6.07, 6.45) is 1.48. The van der Waals surface area contributed by atoms with E-state index in [1.807, 2.05) is 13.0 Å². The van der Waals surface area contributed by atoms with Crippen molar-refractivity contribution in [2.24, 2.45) is 0 Å². The Morgan fingerprint density at radius 2 is 1.86 bits per heavy atom. The third-order valence-corrected chi connectivity index (χ3v) is 4.73. The lowest BCUT2D eigenvalue weighted by Gasteiger charge is -2.11. The summed E-state index contributed by atoms with van der Waals surface area (Å²) in [6.45, 7) is 1.95. The molecule has 0 bridgehead atoms. The molecule has 1 aromatic heterocycles. The van der Waals surface area contributed by atoms with Crippen LogP contribution in [0.5, 0.6) is 5.75 Å². The minimum Gasteiger partial charge on any atom is -0.495 e. The van der Waals surface area contributed by atoms with Gasteiger partial charge in [0.05, 0.1) is 36.7 Å². The van der Waals surface area contributed by atoms with Gasteiger partial charge in [0, 0.05) is 5.56 Å². The van der Waals surface area contributed by atoms with Crippen molar-refractivity contribution in [3.63, 3.8) is 0 Å². The van der Waals surface area contributed by atoms with E-state index in [-0.39, 0.29) is 23.2 Å². The molecule has 2 heterocycles. The second-order valence-electron chi connectivity index (χ2n) is 6.69. The van der Waals surface area contributed by atoms with Crippen molar-refractivity contribution in [3.8, 4) is 5.75 Å². The first kappa shape index (κ1) is 18.5. The van der Waals surface area contributed by atoms with Gasteiger partial charge in [0.1, 0.15) is 11.5 Å². The van der Waals surface area contributed by atoms with Crippen LogP contribution in [0.1, 0.15) is 42.4 Å². The highest BCUT2D eigenvalue weighted by Gasteiger charge is 2.36. The molecule has 0 radical (unpaired) electrons. The molecule has 1 N–H and O–H groups in total. The quantitative estimate of drug-likeness (QED) is 0.672. The summed E-state index contributed by atoms with van der Waals surface area (Å²) in [5, 5.41) is 2.79. The number of hydrogen-bond donors (Lipinski definition) is 1. The van der Waals surface area contributed by atoms with Gasteiger partial charge >= 0.3 is 0 Å². The average Bonchev–Trinajstić information content (AvgIpc) is 3.31. The van der Waals surface area contributed by atoms with Crippen LogP contribution in [-0.4, -0.2) is 29.7 Å². The van der Waals surface area contributed by atoms with Crippen LogP contribution in [0, 0.1) is 6.92 Å². The number of nitrogens with one attached hydrogen (secondary N) is 1. The Morgan fingerprint density at radius 3 is 2.59 bits per heavy atom.